The Labute approximate surface area is 132 Å². The third-order valence-electron chi connectivity index (χ3n) is 4.22. The Kier molecular flexibility index (Phi) is 5.58. The first-order valence-electron chi connectivity index (χ1n) is 7.99. The molecule has 0 fully saturated rings. The molecule has 1 aliphatic carbocycles. The van der Waals surface area contributed by atoms with Crippen molar-refractivity contribution in [3.8, 4) is 0 Å². The minimum atomic E-state index is -0.588. The van der Waals surface area contributed by atoms with Crippen LogP contribution in [-0.4, -0.2) is 25.0 Å². The number of methoxy groups -OCH3 is 1. The molecule has 2 rings (SSSR count). The number of amides is 1. The van der Waals surface area contributed by atoms with Gasteiger partial charge < -0.3 is 10.1 Å². The van der Waals surface area contributed by atoms with Crippen molar-refractivity contribution in [1.82, 2.24) is 5.32 Å². The van der Waals surface area contributed by atoms with E-state index in [1.54, 1.807) is 0 Å². The van der Waals surface area contributed by atoms with Crippen LogP contribution in [0.25, 0.3) is 0 Å². The summed E-state index contributed by atoms with van der Waals surface area (Å²) in [6, 6.07) is 5.70. The van der Waals surface area contributed by atoms with Crippen LogP contribution >= 0.6 is 0 Å². The molecular weight excluding hydrogens is 278 g/mol. The van der Waals surface area contributed by atoms with Crippen molar-refractivity contribution < 1.29 is 14.3 Å². The second kappa shape index (κ2) is 7.43. The van der Waals surface area contributed by atoms with Gasteiger partial charge in [0.25, 0.3) is 0 Å². The fourth-order valence-electron chi connectivity index (χ4n) is 2.93. The summed E-state index contributed by atoms with van der Waals surface area (Å²) in [5, 5.41) is 2.78. The quantitative estimate of drug-likeness (QED) is 0.850. The SMILES string of the molecule is COC(=O)[C@@H](NC(=O)Cc1ccc2c(c1)CCCC2)C(C)C. The van der Waals surface area contributed by atoms with E-state index < -0.39 is 12.0 Å². The highest BCUT2D eigenvalue weighted by molar-refractivity contribution is 5.85. The average Bonchev–Trinajstić information content (AvgIpc) is 2.51. The zero-order valence-electron chi connectivity index (χ0n) is 13.6. The Morgan fingerprint density at radius 3 is 2.50 bits per heavy atom. The number of esters is 1. The molecule has 1 aliphatic rings. The zero-order chi connectivity index (χ0) is 16.1. The van der Waals surface area contributed by atoms with E-state index in [0.717, 1.165) is 18.4 Å². The normalized spacial score (nSPS) is 15.1. The fourth-order valence-corrected chi connectivity index (χ4v) is 2.93. The van der Waals surface area contributed by atoms with Gasteiger partial charge in [-0.05, 0) is 48.3 Å². The maximum absolute atomic E-state index is 12.2. The molecule has 22 heavy (non-hydrogen) atoms. The number of aryl methyl sites for hydroxylation is 2. The average molecular weight is 303 g/mol. The van der Waals surface area contributed by atoms with Crippen molar-refractivity contribution in [3.05, 3.63) is 34.9 Å². The minimum Gasteiger partial charge on any atom is -0.467 e. The number of hydrogen-bond acceptors (Lipinski definition) is 3. The van der Waals surface area contributed by atoms with Gasteiger partial charge in [0, 0.05) is 0 Å². The number of carbonyl (C=O) groups excluding carboxylic acids is 2. The van der Waals surface area contributed by atoms with Crippen LogP contribution in [-0.2, 0) is 33.6 Å². The Morgan fingerprint density at radius 1 is 1.18 bits per heavy atom. The van der Waals surface area contributed by atoms with E-state index in [1.807, 2.05) is 19.9 Å². The maximum atomic E-state index is 12.2. The first-order chi connectivity index (χ1) is 10.5. The molecule has 0 saturated carbocycles. The lowest BCUT2D eigenvalue weighted by atomic mass is 9.90. The molecule has 0 unspecified atom stereocenters. The number of benzene rings is 1. The number of nitrogens with one attached hydrogen (secondary N) is 1. The van der Waals surface area contributed by atoms with Crippen molar-refractivity contribution in [2.24, 2.45) is 5.92 Å². The highest BCUT2D eigenvalue weighted by Crippen LogP contribution is 2.22. The van der Waals surface area contributed by atoms with Crippen molar-refractivity contribution in [1.29, 1.82) is 0 Å². The van der Waals surface area contributed by atoms with Crippen molar-refractivity contribution in [3.63, 3.8) is 0 Å². The van der Waals surface area contributed by atoms with Crippen LogP contribution in [0.4, 0.5) is 0 Å². The van der Waals surface area contributed by atoms with E-state index in [2.05, 4.69) is 17.4 Å². The van der Waals surface area contributed by atoms with Gasteiger partial charge in [-0.2, -0.15) is 0 Å². The molecule has 0 heterocycles. The van der Waals surface area contributed by atoms with Gasteiger partial charge in [0.05, 0.1) is 13.5 Å². The smallest absolute Gasteiger partial charge is 0.328 e. The monoisotopic (exact) mass is 303 g/mol. The minimum absolute atomic E-state index is 0.0000621. The number of carbonyl (C=O) groups is 2. The van der Waals surface area contributed by atoms with Gasteiger partial charge in [0.2, 0.25) is 5.91 Å². The third kappa shape index (κ3) is 4.09. The van der Waals surface area contributed by atoms with E-state index in [9.17, 15) is 9.59 Å². The molecule has 120 valence electrons. The molecule has 0 aromatic heterocycles. The standard InChI is InChI=1S/C18H25NO3/c1-12(2)17(18(21)22-3)19-16(20)11-13-8-9-14-6-4-5-7-15(14)10-13/h8-10,12,17H,4-7,11H2,1-3H3,(H,19,20)/t17-/m0/s1. The summed E-state index contributed by atoms with van der Waals surface area (Å²) in [5.74, 6) is -0.534. The molecular formula is C18H25NO3. The molecule has 1 N–H and O–H groups in total. The van der Waals surface area contributed by atoms with Crippen LogP contribution in [0.5, 0.6) is 0 Å². The summed E-state index contributed by atoms with van der Waals surface area (Å²) in [6.07, 6.45) is 5.01. The zero-order valence-corrected chi connectivity index (χ0v) is 13.6. The van der Waals surface area contributed by atoms with E-state index in [0.29, 0.717) is 6.42 Å². The number of hydrogen-bond donors (Lipinski definition) is 1. The van der Waals surface area contributed by atoms with Gasteiger partial charge >= 0.3 is 5.97 Å². The largest absolute Gasteiger partial charge is 0.467 e. The van der Waals surface area contributed by atoms with E-state index in [-0.39, 0.29) is 11.8 Å². The summed E-state index contributed by atoms with van der Waals surface area (Å²) in [6.45, 7) is 3.78. The summed E-state index contributed by atoms with van der Waals surface area (Å²) in [4.78, 5) is 23.9. The van der Waals surface area contributed by atoms with Crippen molar-refractivity contribution in [2.45, 2.75) is 52.0 Å². The van der Waals surface area contributed by atoms with Gasteiger partial charge in [-0.3, -0.25) is 4.79 Å². The van der Waals surface area contributed by atoms with Crippen LogP contribution in [0.15, 0.2) is 18.2 Å². The molecule has 1 amide bonds. The van der Waals surface area contributed by atoms with Gasteiger partial charge in [0.1, 0.15) is 6.04 Å². The molecule has 0 saturated heterocycles. The summed E-state index contributed by atoms with van der Waals surface area (Å²) in [7, 11) is 1.34. The second-order valence-corrected chi connectivity index (χ2v) is 6.30. The van der Waals surface area contributed by atoms with Crippen LogP contribution < -0.4 is 5.32 Å². The summed E-state index contributed by atoms with van der Waals surface area (Å²) in [5.41, 5.74) is 3.78. The van der Waals surface area contributed by atoms with Crippen molar-refractivity contribution in [2.75, 3.05) is 7.11 Å². The highest BCUT2D eigenvalue weighted by atomic mass is 16.5. The first kappa shape index (κ1) is 16.5. The van der Waals surface area contributed by atoms with Gasteiger partial charge in [-0.15, -0.1) is 0 Å². The number of fused-ring (bicyclic) bond motifs is 1. The van der Waals surface area contributed by atoms with Crippen LogP contribution in [0.3, 0.4) is 0 Å². The van der Waals surface area contributed by atoms with Crippen molar-refractivity contribution >= 4 is 11.9 Å². The molecule has 1 aromatic carbocycles. The Bertz CT molecular complexity index is 551. The first-order valence-corrected chi connectivity index (χ1v) is 7.99. The summed E-state index contributed by atoms with van der Waals surface area (Å²) >= 11 is 0. The van der Waals surface area contributed by atoms with E-state index in [1.165, 1.54) is 31.1 Å². The maximum Gasteiger partial charge on any atom is 0.328 e. The molecule has 0 radical (unpaired) electrons. The predicted octanol–water partition coefficient (Wildman–Crippen LogP) is 2.42. The molecule has 0 spiro atoms. The van der Waals surface area contributed by atoms with Crippen LogP contribution in [0, 0.1) is 5.92 Å². The number of ether oxygens (including phenoxy) is 1. The molecule has 4 nitrogen and oxygen atoms in total. The molecule has 4 heteroatoms. The Hall–Kier alpha value is -1.84. The van der Waals surface area contributed by atoms with Crippen LogP contribution in [0.1, 0.15) is 43.4 Å². The number of rotatable bonds is 5. The van der Waals surface area contributed by atoms with Gasteiger partial charge in [0.15, 0.2) is 0 Å². The topological polar surface area (TPSA) is 55.4 Å². The van der Waals surface area contributed by atoms with E-state index >= 15 is 0 Å². The Balaban J connectivity index is 2.00. The molecule has 1 atom stereocenters. The Morgan fingerprint density at radius 2 is 1.86 bits per heavy atom. The highest BCUT2D eigenvalue weighted by Gasteiger charge is 2.24. The van der Waals surface area contributed by atoms with Gasteiger partial charge in [-0.1, -0.05) is 32.0 Å². The fraction of sp³-hybridized carbons (Fsp3) is 0.556. The second-order valence-electron chi connectivity index (χ2n) is 6.30. The molecule has 1 aromatic rings. The van der Waals surface area contributed by atoms with Crippen LogP contribution in [0.2, 0.25) is 0 Å². The third-order valence-corrected chi connectivity index (χ3v) is 4.22. The lowest BCUT2D eigenvalue weighted by Crippen LogP contribution is -2.45. The molecule has 0 aliphatic heterocycles. The lowest BCUT2D eigenvalue weighted by molar-refractivity contribution is -0.146. The van der Waals surface area contributed by atoms with Gasteiger partial charge in [-0.25, -0.2) is 4.79 Å². The summed E-state index contributed by atoms with van der Waals surface area (Å²) < 4.78 is 4.75. The lowest BCUT2D eigenvalue weighted by Gasteiger charge is -2.20. The van der Waals surface area contributed by atoms with E-state index in [4.69, 9.17) is 4.74 Å². The molecule has 0 bridgehead atoms. The predicted molar refractivity (Wildman–Crippen MR) is 85.6 cm³/mol.